The molecule has 1 atom stereocenters. The minimum atomic E-state index is -3.39. The van der Waals surface area contributed by atoms with Crippen LogP contribution in [0.25, 0.3) is 0 Å². The number of nitrogens with zero attached hydrogens (tertiary/aromatic N) is 2. The normalized spacial score (nSPS) is 16.5. The molecule has 0 bridgehead atoms. The van der Waals surface area contributed by atoms with Gasteiger partial charge in [-0.25, -0.2) is 13.4 Å². The fourth-order valence-electron chi connectivity index (χ4n) is 3.37. The summed E-state index contributed by atoms with van der Waals surface area (Å²) in [5.74, 6) is 0.478. The fraction of sp³-hybridized carbons (Fsp3) is 0.364. The van der Waals surface area contributed by atoms with Crippen molar-refractivity contribution in [3.8, 4) is 5.75 Å². The number of hydrazone groups is 1. The fourth-order valence-corrected chi connectivity index (χ4v) is 3.92. The van der Waals surface area contributed by atoms with E-state index in [4.69, 9.17) is 4.74 Å². The topological polar surface area (TPSA) is 88.1 Å². The van der Waals surface area contributed by atoms with E-state index in [0.29, 0.717) is 18.7 Å². The summed E-state index contributed by atoms with van der Waals surface area (Å²) in [7, 11) is -3.39. The van der Waals surface area contributed by atoms with Crippen molar-refractivity contribution in [1.82, 2.24) is 5.01 Å². The first kappa shape index (κ1) is 21.8. The maximum absolute atomic E-state index is 12.9. The second-order valence-electron chi connectivity index (χ2n) is 7.56. The number of benzene rings is 2. The van der Waals surface area contributed by atoms with Crippen LogP contribution in [0, 0.1) is 5.92 Å². The summed E-state index contributed by atoms with van der Waals surface area (Å²) < 4.78 is 31.2. The van der Waals surface area contributed by atoms with Gasteiger partial charge in [-0.3, -0.25) is 9.52 Å². The lowest BCUT2D eigenvalue weighted by Crippen LogP contribution is -2.30. The molecule has 0 aromatic heterocycles. The predicted octanol–water partition coefficient (Wildman–Crippen LogP) is 3.79. The van der Waals surface area contributed by atoms with E-state index >= 15 is 0 Å². The highest BCUT2D eigenvalue weighted by molar-refractivity contribution is 7.92. The average Bonchev–Trinajstić information content (AvgIpc) is 3.12. The maximum atomic E-state index is 12.9. The first-order valence-electron chi connectivity index (χ1n) is 9.89. The summed E-state index contributed by atoms with van der Waals surface area (Å²) >= 11 is 0. The van der Waals surface area contributed by atoms with Gasteiger partial charge < -0.3 is 4.74 Å². The van der Waals surface area contributed by atoms with Crippen molar-refractivity contribution in [1.29, 1.82) is 0 Å². The number of sulfonamides is 1. The van der Waals surface area contributed by atoms with Crippen LogP contribution in [-0.2, 0) is 14.8 Å². The van der Waals surface area contributed by atoms with Gasteiger partial charge in [0.25, 0.3) is 0 Å². The van der Waals surface area contributed by atoms with Gasteiger partial charge >= 0.3 is 0 Å². The molecule has 1 amide bonds. The first-order valence-corrected chi connectivity index (χ1v) is 11.8. The third kappa shape index (κ3) is 5.18. The van der Waals surface area contributed by atoms with Crippen LogP contribution in [-0.4, -0.2) is 37.9 Å². The molecule has 0 saturated carbocycles. The monoisotopic (exact) mass is 429 g/mol. The molecule has 8 heteroatoms. The molecule has 2 aromatic rings. The molecule has 1 aliphatic heterocycles. The standard InChI is InChI=1S/C22H27N3O4S/c1-5-29-19-11-7-9-17(13-19)21-14-20(23-25(21)22(26)15(2)3)16-8-6-10-18(12-16)24-30(4,27)28/h6-13,15,21,24H,5,14H2,1-4H3/t21-/m0/s1. The van der Waals surface area contributed by atoms with Crippen LogP contribution in [0.2, 0.25) is 0 Å². The minimum Gasteiger partial charge on any atom is -0.494 e. The second kappa shape index (κ2) is 8.87. The Kier molecular flexibility index (Phi) is 6.45. The highest BCUT2D eigenvalue weighted by Gasteiger charge is 2.34. The van der Waals surface area contributed by atoms with E-state index in [1.807, 2.05) is 51.1 Å². The summed E-state index contributed by atoms with van der Waals surface area (Å²) in [4.78, 5) is 12.9. The summed E-state index contributed by atoms with van der Waals surface area (Å²) in [6.07, 6.45) is 1.63. The van der Waals surface area contributed by atoms with Gasteiger partial charge in [0.2, 0.25) is 15.9 Å². The van der Waals surface area contributed by atoms with Crippen LogP contribution in [0.4, 0.5) is 5.69 Å². The molecule has 1 heterocycles. The number of nitrogens with one attached hydrogen (secondary N) is 1. The predicted molar refractivity (Wildman–Crippen MR) is 118 cm³/mol. The Morgan fingerprint density at radius 3 is 2.63 bits per heavy atom. The lowest BCUT2D eigenvalue weighted by Gasteiger charge is -2.24. The quantitative estimate of drug-likeness (QED) is 0.725. The average molecular weight is 430 g/mol. The van der Waals surface area contributed by atoms with Gasteiger partial charge in [-0.1, -0.05) is 38.1 Å². The van der Waals surface area contributed by atoms with E-state index in [2.05, 4.69) is 9.82 Å². The Labute approximate surface area is 177 Å². The second-order valence-corrected chi connectivity index (χ2v) is 9.31. The lowest BCUT2D eigenvalue weighted by molar-refractivity contribution is -0.136. The van der Waals surface area contributed by atoms with Gasteiger partial charge in [-0.05, 0) is 42.3 Å². The molecule has 0 unspecified atom stereocenters. The number of anilines is 1. The van der Waals surface area contributed by atoms with Crippen LogP contribution in [0.3, 0.4) is 0 Å². The molecule has 0 radical (unpaired) electrons. The summed E-state index contributed by atoms with van der Waals surface area (Å²) in [5.41, 5.74) is 2.90. The Balaban J connectivity index is 1.96. The molecule has 3 rings (SSSR count). The number of ether oxygens (including phenoxy) is 1. The molecule has 0 aliphatic carbocycles. The Morgan fingerprint density at radius 2 is 1.97 bits per heavy atom. The van der Waals surface area contributed by atoms with Crippen LogP contribution >= 0.6 is 0 Å². The van der Waals surface area contributed by atoms with Gasteiger partial charge in [0.1, 0.15) is 5.75 Å². The maximum Gasteiger partial charge on any atom is 0.245 e. The zero-order chi connectivity index (χ0) is 21.9. The van der Waals surface area contributed by atoms with Gasteiger partial charge in [-0.15, -0.1) is 0 Å². The number of hydrogen-bond acceptors (Lipinski definition) is 5. The number of carbonyl (C=O) groups is 1. The molecule has 2 aromatic carbocycles. The van der Waals surface area contributed by atoms with Crippen molar-refractivity contribution in [2.24, 2.45) is 11.0 Å². The van der Waals surface area contributed by atoms with Crippen molar-refractivity contribution in [2.75, 3.05) is 17.6 Å². The van der Waals surface area contributed by atoms with Gasteiger partial charge in [0, 0.05) is 18.0 Å². The molecule has 0 saturated heterocycles. The molecule has 30 heavy (non-hydrogen) atoms. The van der Waals surface area contributed by atoms with Crippen LogP contribution in [0.15, 0.2) is 53.6 Å². The molecule has 7 nitrogen and oxygen atoms in total. The zero-order valence-corrected chi connectivity index (χ0v) is 18.4. The van der Waals surface area contributed by atoms with Crippen molar-refractivity contribution >= 4 is 27.3 Å². The van der Waals surface area contributed by atoms with Crippen LogP contribution in [0.1, 0.15) is 44.4 Å². The van der Waals surface area contributed by atoms with Gasteiger partial charge in [0.15, 0.2) is 0 Å². The smallest absolute Gasteiger partial charge is 0.245 e. The number of carbonyl (C=O) groups excluding carboxylic acids is 1. The largest absolute Gasteiger partial charge is 0.494 e. The van der Waals surface area contributed by atoms with Crippen molar-refractivity contribution < 1.29 is 17.9 Å². The summed E-state index contributed by atoms with van der Waals surface area (Å²) in [6.45, 7) is 6.18. The van der Waals surface area contributed by atoms with Crippen LogP contribution in [0.5, 0.6) is 5.75 Å². The van der Waals surface area contributed by atoms with E-state index in [9.17, 15) is 13.2 Å². The third-order valence-electron chi connectivity index (χ3n) is 4.68. The van der Waals surface area contributed by atoms with Gasteiger partial charge in [-0.2, -0.15) is 5.10 Å². The Bertz CT molecular complexity index is 1060. The summed E-state index contributed by atoms with van der Waals surface area (Å²) in [5, 5.41) is 6.18. The van der Waals surface area contributed by atoms with Crippen molar-refractivity contribution in [3.05, 3.63) is 59.7 Å². The highest BCUT2D eigenvalue weighted by Crippen LogP contribution is 2.35. The first-order chi connectivity index (χ1) is 14.2. The van der Waals surface area contributed by atoms with E-state index < -0.39 is 10.0 Å². The van der Waals surface area contributed by atoms with Crippen molar-refractivity contribution in [2.45, 2.75) is 33.2 Å². The SMILES string of the molecule is CCOc1cccc([C@@H]2CC(c3cccc(NS(C)(=O)=O)c3)=NN2C(=O)C(C)C)c1. The minimum absolute atomic E-state index is 0.0674. The third-order valence-corrected chi connectivity index (χ3v) is 5.29. The number of amides is 1. The zero-order valence-electron chi connectivity index (χ0n) is 17.6. The van der Waals surface area contributed by atoms with E-state index in [1.54, 1.807) is 23.2 Å². The molecule has 160 valence electrons. The molecule has 0 spiro atoms. The molecule has 1 aliphatic rings. The number of hydrogen-bond donors (Lipinski definition) is 1. The molecular formula is C22H27N3O4S. The Morgan fingerprint density at radius 1 is 1.23 bits per heavy atom. The Hall–Kier alpha value is -2.87. The molecular weight excluding hydrogens is 402 g/mol. The van der Waals surface area contributed by atoms with Crippen molar-refractivity contribution in [3.63, 3.8) is 0 Å². The van der Waals surface area contributed by atoms with E-state index in [-0.39, 0.29) is 17.9 Å². The van der Waals surface area contributed by atoms with Crippen LogP contribution < -0.4 is 9.46 Å². The highest BCUT2D eigenvalue weighted by atomic mass is 32.2. The molecule has 1 N–H and O–H groups in total. The molecule has 0 fully saturated rings. The van der Waals surface area contributed by atoms with E-state index in [1.165, 1.54) is 0 Å². The lowest BCUT2D eigenvalue weighted by atomic mass is 9.97. The summed E-state index contributed by atoms with van der Waals surface area (Å²) in [6, 6.07) is 14.5. The van der Waals surface area contributed by atoms with Gasteiger partial charge in [0.05, 0.1) is 24.6 Å². The van der Waals surface area contributed by atoms with E-state index in [0.717, 1.165) is 28.8 Å². The number of rotatable bonds is 7.